The minimum absolute atomic E-state index is 0.0443. The number of benzene rings is 4. The molecule has 115 heavy (non-hydrogen) atoms. The van der Waals surface area contributed by atoms with Crippen LogP contribution in [0.5, 0.6) is 5.75 Å². The van der Waals surface area contributed by atoms with E-state index >= 15 is 0 Å². The molecule has 2 aliphatic heterocycles. The number of ether oxygens (including phenoxy) is 10. The molecule has 28 nitrogen and oxygen atoms in total. The molecule has 0 spiro atoms. The molecule has 0 radical (unpaired) electrons. The molecule has 632 valence electrons. The number of rotatable bonds is 44. The van der Waals surface area contributed by atoms with Crippen molar-refractivity contribution in [2.45, 2.75) is 234 Å². The van der Waals surface area contributed by atoms with Gasteiger partial charge in [-0.05, 0) is 102 Å². The average molecular weight is 1600 g/mol. The van der Waals surface area contributed by atoms with Crippen LogP contribution in [0.1, 0.15) is 176 Å². The highest BCUT2D eigenvalue weighted by atomic mass is 16.7. The van der Waals surface area contributed by atoms with E-state index in [1.54, 1.807) is 60.4 Å². The van der Waals surface area contributed by atoms with Gasteiger partial charge in [-0.3, -0.25) is 43.2 Å². The molecular weight excluding hydrogens is 1480 g/mol. The largest absolute Gasteiger partial charge is 0.467 e. The number of aliphatic hydroxyl groups is 1. The highest BCUT2D eigenvalue weighted by molar-refractivity contribution is 5.96. The van der Waals surface area contributed by atoms with Crippen molar-refractivity contribution in [3.63, 3.8) is 0 Å². The van der Waals surface area contributed by atoms with E-state index in [4.69, 9.17) is 47.4 Å². The first-order chi connectivity index (χ1) is 54.6. The number of likely N-dealkylation sites (tertiary alicyclic amines) is 1. The Bertz CT molecular complexity index is 3840. The number of hydrogen-bond acceptors (Lipinski definition) is 23. The normalized spacial score (nSPS) is 19.6. The predicted octanol–water partition coefficient (Wildman–Crippen LogP) is 11.3. The summed E-state index contributed by atoms with van der Waals surface area (Å²) in [6.45, 7) is 20.3. The fourth-order valence-corrected chi connectivity index (χ4v) is 15.2. The first-order valence-corrected chi connectivity index (χ1v) is 39.8. The van der Waals surface area contributed by atoms with Gasteiger partial charge in [-0.1, -0.05) is 160 Å². The highest BCUT2D eigenvalue weighted by Gasteiger charge is 2.56. The number of nitrogens with one attached hydrogen (secondary N) is 2. The molecule has 2 saturated heterocycles. The molecule has 2 heterocycles. The number of likely N-dealkylation sites (N-methyl/N-ethyl adjacent to an activating group) is 2. The fraction of sp³-hybridized carbons (Fsp3) is 0.586. The molecular formula is C87H121N5O23. The number of ketones is 3. The van der Waals surface area contributed by atoms with E-state index in [0.717, 1.165) is 39.0 Å². The summed E-state index contributed by atoms with van der Waals surface area (Å²) < 4.78 is 56.3. The summed E-state index contributed by atoms with van der Waals surface area (Å²) in [6, 6.07) is 29.6. The second-order valence-corrected chi connectivity index (χ2v) is 31.0. The number of methoxy groups -OCH3 is 3. The van der Waals surface area contributed by atoms with Gasteiger partial charge in [0, 0.05) is 111 Å². The molecule has 2 aliphatic rings. The second kappa shape index (κ2) is 46.2. The van der Waals surface area contributed by atoms with Gasteiger partial charge in [0.2, 0.25) is 30.1 Å². The summed E-state index contributed by atoms with van der Waals surface area (Å²) in [5, 5.41) is 16.7. The van der Waals surface area contributed by atoms with Gasteiger partial charge < -0.3 is 77.8 Å². The molecule has 6 rings (SSSR count). The van der Waals surface area contributed by atoms with E-state index < -0.39 is 133 Å². The Balaban J connectivity index is 1.02. The van der Waals surface area contributed by atoms with Crippen LogP contribution in [0.2, 0.25) is 0 Å². The maximum atomic E-state index is 15.0. The van der Waals surface area contributed by atoms with E-state index in [1.165, 1.54) is 31.2 Å². The number of hydrogen-bond donors (Lipinski definition) is 3. The smallest absolute Gasteiger partial charge is 0.410 e. The quantitative estimate of drug-likeness (QED) is 0.0210. The Morgan fingerprint density at radius 2 is 1.21 bits per heavy atom. The number of esters is 4. The van der Waals surface area contributed by atoms with Crippen LogP contribution in [-0.2, 0) is 110 Å². The van der Waals surface area contributed by atoms with Crippen LogP contribution in [0, 0.1) is 47.3 Å². The zero-order valence-corrected chi connectivity index (χ0v) is 69.7. The monoisotopic (exact) mass is 1600 g/mol. The van der Waals surface area contributed by atoms with Gasteiger partial charge in [-0.2, -0.15) is 0 Å². The number of unbranched alkanes of at least 4 members (excludes halogenated alkanes) is 1. The van der Waals surface area contributed by atoms with Crippen molar-refractivity contribution < 1.29 is 110 Å². The Morgan fingerprint density at radius 3 is 1.78 bits per heavy atom. The molecule has 5 amide bonds. The SMILES string of the molecule is CC[C@H](C)[C@@H]([C@@H](CC(=O)N1CCC[C@H]1[C@H](OC)[C@@H](C)C(=O)C[C@H](C)[C@@H](O)c1ccccc1)OC)N(C)C(=O)[C@@H](CC(=O)[C@H](C(C)C)N(C)C(=O)OCc1ccc(NC(=O)[C@H](CCCCNC(=O)OCc2ccc(O[C@@H]3O[C@H](C(=O)OC)[C@@H](OC(C)=O)[C@H](OC(C)=O)[C@H]3OC(C)=O)cc2)CC(=O)[C@@H](C)Cc2ccccc2)cc1)C(C)C. The Morgan fingerprint density at radius 1 is 0.617 bits per heavy atom. The lowest BCUT2D eigenvalue weighted by atomic mass is 9.83. The lowest BCUT2D eigenvalue weighted by molar-refractivity contribution is -0.282. The number of amides is 5. The minimum atomic E-state index is -1.66. The van der Waals surface area contributed by atoms with Gasteiger partial charge in [-0.25, -0.2) is 14.4 Å². The van der Waals surface area contributed by atoms with Crippen LogP contribution in [0.25, 0.3) is 0 Å². The van der Waals surface area contributed by atoms with Crippen LogP contribution in [-0.4, -0.2) is 200 Å². The fourth-order valence-electron chi connectivity index (χ4n) is 15.2. The summed E-state index contributed by atoms with van der Waals surface area (Å²) in [7, 11) is 7.31. The minimum Gasteiger partial charge on any atom is -0.467 e. The number of alkyl carbamates (subject to hydrolysis) is 1. The molecule has 2 fully saturated rings. The van der Waals surface area contributed by atoms with Gasteiger partial charge in [0.05, 0.1) is 50.0 Å². The Kier molecular flexibility index (Phi) is 37.8. The van der Waals surface area contributed by atoms with Gasteiger partial charge in [0.15, 0.2) is 24.1 Å². The zero-order valence-electron chi connectivity index (χ0n) is 69.7. The zero-order chi connectivity index (χ0) is 84.9. The number of carbonyl (C=O) groups excluding carboxylic acids is 12. The van der Waals surface area contributed by atoms with E-state index in [1.807, 2.05) is 123 Å². The van der Waals surface area contributed by atoms with Crippen molar-refractivity contribution in [3.8, 4) is 5.75 Å². The van der Waals surface area contributed by atoms with Crippen molar-refractivity contribution >= 4 is 76.8 Å². The van der Waals surface area contributed by atoms with Crippen molar-refractivity contribution in [2.24, 2.45) is 47.3 Å². The van der Waals surface area contributed by atoms with E-state index in [-0.39, 0.29) is 104 Å². The lowest BCUT2D eigenvalue weighted by Crippen LogP contribution is -2.64. The van der Waals surface area contributed by atoms with Gasteiger partial charge in [0.1, 0.15) is 30.5 Å². The van der Waals surface area contributed by atoms with Gasteiger partial charge in [-0.15, -0.1) is 0 Å². The highest BCUT2D eigenvalue weighted by Crippen LogP contribution is 2.36. The van der Waals surface area contributed by atoms with Crippen LogP contribution >= 0.6 is 0 Å². The third kappa shape index (κ3) is 27.8. The molecule has 0 aromatic heterocycles. The maximum Gasteiger partial charge on any atom is 0.410 e. The Hall–Kier alpha value is -9.64. The molecule has 28 heteroatoms. The van der Waals surface area contributed by atoms with Gasteiger partial charge >= 0.3 is 36.1 Å². The van der Waals surface area contributed by atoms with Crippen LogP contribution in [0.3, 0.4) is 0 Å². The summed E-state index contributed by atoms with van der Waals surface area (Å²) in [5.74, 6) is -8.54. The van der Waals surface area contributed by atoms with E-state index in [0.29, 0.717) is 68.3 Å². The average Bonchev–Trinajstić information content (AvgIpc) is 1.24. The van der Waals surface area contributed by atoms with Crippen molar-refractivity contribution in [1.29, 1.82) is 0 Å². The molecule has 0 bridgehead atoms. The molecule has 17 atom stereocenters. The number of Topliss-reactive ketones (excluding diaryl/α,β-unsaturated/α-hetero) is 3. The number of anilines is 1. The first-order valence-electron chi connectivity index (χ1n) is 39.8. The van der Waals surface area contributed by atoms with Gasteiger partial charge in [0.25, 0.3) is 0 Å². The summed E-state index contributed by atoms with van der Waals surface area (Å²) >= 11 is 0. The number of aliphatic hydroxyl groups excluding tert-OH is 1. The molecule has 4 aromatic carbocycles. The number of nitrogens with zero attached hydrogens (tertiary/aromatic N) is 3. The first kappa shape index (κ1) is 94.2. The number of carbonyl (C=O) groups is 12. The predicted molar refractivity (Wildman–Crippen MR) is 425 cm³/mol. The summed E-state index contributed by atoms with van der Waals surface area (Å²) in [6.07, 6.45) is -8.15. The molecule has 4 aromatic rings. The topological polar surface area (TPSA) is 351 Å². The van der Waals surface area contributed by atoms with Crippen molar-refractivity contribution in [3.05, 3.63) is 131 Å². The lowest BCUT2D eigenvalue weighted by Gasteiger charge is -2.43. The van der Waals surface area contributed by atoms with Crippen molar-refractivity contribution in [1.82, 2.24) is 20.0 Å². The molecule has 3 N–H and O–H groups in total. The Labute approximate surface area is 676 Å². The maximum absolute atomic E-state index is 15.0. The van der Waals surface area contributed by atoms with E-state index in [2.05, 4.69) is 10.6 Å². The van der Waals surface area contributed by atoms with Crippen LogP contribution in [0.4, 0.5) is 15.3 Å². The summed E-state index contributed by atoms with van der Waals surface area (Å²) in [4.78, 5) is 167. The van der Waals surface area contributed by atoms with Crippen molar-refractivity contribution in [2.75, 3.05) is 53.8 Å². The molecule has 0 saturated carbocycles. The summed E-state index contributed by atoms with van der Waals surface area (Å²) in [5.41, 5.74) is 3.23. The third-order valence-electron chi connectivity index (χ3n) is 21.7. The second-order valence-electron chi connectivity index (χ2n) is 31.0. The third-order valence-corrected chi connectivity index (χ3v) is 21.7. The standard InChI is InChI=1S/C87H121N5O23/c1-18-53(6)75(72(106-15)48-73(99)92-43-27-33-68(92)77(107-16)56(9)70(97)45-55(8)76(100)63-30-23-20-24-31-63)90(13)83(102)67(51(2)3)47-71(98)74(52(4)5)91(14)87(105)110-50-61-34-38-65(39-35-61)89-82(101)64(46-69(96)54(7)44-60-28-21-19-22-29-60)32-25-26-42-88-86(104)109-49-62-36-40-66(41-37-62)114-85-81(113-59(12)95)79(112-58(11)94)78(111-57(10)93)80(115-85)84(103)108-17/h19-24,28-31,34-41,51-56,64,67-68,72,74-81,85,100H,18,25-27,32-33,42-50H2,1-17H3,(H,88,104)(H,89,101)/t53-,54-,55-,56-,64+,67-,68-,72+,74-,75-,76+,77+,78-,79-,80-,81+,85+/m0/s1. The van der Waals surface area contributed by atoms with E-state index in [9.17, 15) is 62.6 Å². The van der Waals surface area contributed by atoms with Crippen LogP contribution < -0.4 is 15.4 Å². The molecule has 0 unspecified atom stereocenters. The van der Waals surface area contributed by atoms with Crippen LogP contribution in [0.15, 0.2) is 109 Å². The molecule has 0 aliphatic carbocycles.